The van der Waals surface area contributed by atoms with Gasteiger partial charge in [-0.15, -0.1) is 0 Å². The molecule has 0 atom stereocenters. The number of aryl methyl sites for hydroxylation is 2. The number of rotatable bonds is 4. The number of nitrogens with zero attached hydrogens (tertiary/aromatic N) is 1. The van der Waals surface area contributed by atoms with Crippen molar-refractivity contribution < 1.29 is 14.4 Å². The molecule has 4 rings (SSSR count). The van der Waals surface area contributed by atoms with Crippen LogP contribution in [-0.2, 0) is 9.59 Å². The van der Waals surface area contributed by atoms with Crippen LogP contribution >= 0.6 is 15.9 Å². The summed E-state index contributed by atoms with van der Waals surface area (Å²) >= 11 is 3.42. The van der Waals surface area contributed by atoms with E-state index in [1.54, 1.807) is 42.5 Å². The van der Waals surface area contributed by atoms with Gasteiger partial charge in [-0.2, -0.15) is 0 Å². The van der Waals surface area contributed by atoms with Gasteiger partial charge < -0.3 is 10.6 Å². The van der Waals surface area contributed by atoms with Gasteiger partial charge in [-0.25, -0.2) is 4.68 Å². The molecular formula is C25H21BrN4O3. The van der Waals surface area contributed by atoms with E-state index in [2.05, 4.69) is 32.0 Å². The minimum atomic E-state index is -0.902. The second-order valence-electron chi connectivity index (χ2n) is 7.65. The molecule has 4 aromatic rings. The fourth-order valence-electron chi connectivity index (χ4n) is 3.28. The van der Waals surface area contributed by atoms with Gasteiger partial charge in [0.1, 0.15) is 5.69 Å². The van der Waals surface area contributed by atoms with E-state index in [1.165, 1.54) is 4.68 Å². The lowest BCUT2D eigenvalue weighted by atomic mass is 10.2. The van der Waals surface area contributed by atoms with Crippen molar-refractivity contribution in [2.45, 2.75) is 13.8 Å². The number of carbonyl (C=O) groups is 3. The molecule has 0 aliphatic rings. The van der Waals surface area contributed by atoms with Crippen molar-refractivity contribution >= 4 is 55.9 Å². The monoisotopic (exact) mass is 504 g/mol. The van der Waals surface area contributed by atoms with Gasteiger partial charge in [0.15, 0.2) is 0 Å². The number of benzene rings is 3. The number of hydrogen-bond donors (Lipinski definition) is 3. The molecule has 3 amide bonds. The van der Waals surface area contributed by atoms with E-state index in [9.17, 15) is 14.4 Å². The zero-order valence-corrected chi connectivity index (χ0v) is 19.6. The number of nitrogens with one attached hydrogen (secondary N) is 3. The highest BCUT2D eigenvalue weighted by molar-refractivity contribution is 9.10. The lowest BCUT2D eigenvalue weighted by molar-refractivity contribution is -0.133. The second-order valence-corrected chi connectivity index (χ2v) is 8.57. The minimum absolute atomic E-state index is 0.181. The Kier molecular flexibility index (Phi) is 6.28. The van der Waals surface area contributed by atoms with Crippen molar-refractivity contribution in [1.29, 1.82) is 0 Å². The number of carbonyl (C=O) groups excluding carboxylic acids is 3. The highest BCUT2D eigenvalue weighted by Gasteiger charge is 2.21. The average Bonchev–Trinajstić information content (AvgIpc) is 3.14. The average molecular weight is 505 g/mol. The molecule has 7 nitrogen and oxygen atoms in total. The maximum atomic E-state index is 13.1. The summed E-state index contributed by atoms with van der Waals surface area (Å²) in [6, 6.07) is 21.5. The molecule has 0 aliphatic carbocycles. The van der Waals surface area contributed by atoms with Crippen LogP contribution in [0.3, 0.4) is 0 Å². The van der Waals surface area contributed by atoms with Gasteiger partial charge in [-0.3, -0.25) is 19.8 Å². The van der Waals surface area contributed by atoms with Crippen LogP contribution in [0.4, 0.5) is 11.4 Å². The fourth-order valence-corrected chi connectivity index (χ4v) is 3.66. The van der Waals surface area contributed by atoms with Crippen molar-refractivity contribution in [2.75, 3.05) is 16.1 Å². The Morgan fingerprint density at radius 2 is 1.30 bits per heavy atom. The van der Waals surface area contributed by atoms with Crippen molar-refractivity contribution in [1.82, 2.24) is 4.68 Å². The Bertz CT molecular complexity index is 1360. The highest BCUT2D eigenvalue weighted by Crippen LogP contribution is 2.24. The third-order valence-corrected chi connectivity index (χ3v) is 5.53. The molecular weight excluding hydrogens is 484 g/mol. The molecule has 0 bridgehead atoms. The predicted octanol–water partition coefficient (Wildman–Crippen LogP) is 4.98. The summed E-state index contributed by atoms with van der Waals surface area (Å²) in [5.41, 5.74) is 6.52. The first kappa shape index (κ1) is 22.3. The molecule has 1 heterocycles. The smallest absolute Gasteiger partial charge is 0.321 e. The number of halogens is 1. The van der Waals surface area contributed by atoms with E-state index < -0.39 is 17.7 Å². The SMILES string of the molecule is Cc1ccc(NC(=O)C(=O)Nn2c(C(=O)Nc3ccc(C)cc3)cc3cc(Br)ccc32)cc1. The molecule has 3 aromatic carbocycles. The zero-order chi connectivity index (χ0) is 23.5. The second kappa shape index (κ2) is 9.30. The van der Waals surface area contributed by atoms with E-state index in [4.69, 9.17) is 0 Å². The van der Waals surface area contributed by atoms with Gasteiger partial charge in [-0.1, -0.05) is 51.3 Å². The number of anilines is 2. The van der Waals surface area contributed by atoms with Crippen molar-refractivity contribution in [3.8, 4) is 0 Å². The fraction of sp³-hybridized carbons (Fsp3) is 0.0800. The van der Waals surface area contributed by atoms with Crippen LogP contribution in [0.5, 0.6) is 0 Å². The molecule has 0 radical (unpaired) electrons. The van der Waals surface area contributed by atoms with E-state index in [0.717, 1.165) is 21.0 Å². The van der Waals surface area contributed by atoms with Gasteiger partial charge in [-0.05, 0) is 62.4 Å². The minimum Gasteiger partial charge on any atom is -0.321 e. The van der Waals surface area contributed by atoms with Crippen molar-refractivity contribution in [2.24, 2.45) is 0 Å². The van der Waals surface area contributed by atoms with Crippen LogP contribution in [0, 0.1) is 13.8 Å². The first-order valence-electron chi connectivity index (χ1n) is 10.2. The Balaban J connectivity index is 1.61. The van der Waals surface area contributed by atoms with Crippen LogP contribution in [0.25, 0.3) is 10.9 Å². The number of aromatic nitrogens is 1. The van der Waals surface area contributed by atoms with Crippen LogP contribution in [0.2, 0.25) is 0 Å². The van der Waals surface area contributed by atoms with E-state index in [-0.39, 0.29) is 5.69 Å². The summed E-state index contributed by atoms with van der Waals surface area (Å²) in [5.74, 6) is -2.17. The van der Waals surface area contributed by atoms with E-state index in [0.29, 0.717) is 16.9 Å². The molecule has 166 valence electrons. The first-order chi connectivity index (χ1) is 15.8. The Morgan fingerprint density at radius 3 is 1.91 bits per heavy atom. The molecule has 0 saturated heterocycles. The quantitative estimate of drug-likeness (QED) is 0.342. The van der Waals surface area contributed by atoms with E-state index >= 15 is 0 Å². The van der Waals surface area contributed by atoms with Gasteiger partial charge in [0.05, 0.1) is 5.52 Å². The van der Waals surface area contributed by atoms with Crippen LogP contribution in [0.15, 0.2) is 77.3 Å². The number of hydrogen-bond acceptors (Lipinski definition) is 3. The summed E-state index contributed by atoms with van der Waals surface area (Å²) in [6.07, 6.45) is 0. The lowest BCUT2D eigenvalue weighted by Crippen LogP contribution is -2.36. The highest BCUT2D eigenvalue weighted by atomic mass is 79.9. The Labute approximate surface area is 198 Å². The van der Waals surface area contributed by atoms with Crippen LogP contribution < -0.4 is 16.1 Å². The molecule has 33 heavy (non-hydrogen) atoms. The zero-order valence-electron chi connectivity index (χ0n) is 18.0. The molecule has 8 heteroatoms. The first-order valence-corrected chi connectivity index (χ1v) is 11.0. The number of amides is 3. The van der Waals surface area contributed by atoms with Gasteiger partial charge in [0.25, 0.3) is 5.91 Å². The van der Waals surface area contributed by atoms with Gasteiger partial charge >= 0.3 is 11.8 Å². The van der Waals surface area contributed by atoms with Gasteiger partial charge in [0.2, 0.25) is 0 Å². The molecule has 3 N–H and O–H groups in total. The van der Waals surface area contributed by atoms with Crippen molar-refractivity contribution in [3.63, 3.8) is 0 Å². The molecule has 1 aromatic heterocycles. The maximum Gasteiger partial charge on any atom is 0.328 e. The largest absolute Gasteiger partial charge is 0.328 e. The van der Waals surface area contributed by atoms with Crippen LogP contribution in [0.1, 0.15) is 21.6 Å². The molecule has 0 saturated carbocycles. The normalized spacial score (nSPS) is 10.6. The molecule has 0 unspecified atom stereocenters. The third-order valence-electron chi connectivity index (χ3n) is 5.03. The summed E-state index contributed by atoms with van der Waals surface area (Å²) in [5, 5.41) is 6.11. The Morgan fingerprint density at radius 1 is 0.727 bits per heavy atom. The van der Waals surface area contributed by atoms with Gasteiger partial charge in [0, 0.05) is 21.2 Å². The molecule has 0 aliphatic heterocycles. The van der Waals surface area contributed by atoms with E-state index in [1.807, 2.05) is 44.2 Å². The molecule has 0 fully saturated rings. The summed E-state index contributed by atoms with van der Waals surface area (Å²) in [4.78, 5) is 38.2. The summed E-state index contributed by atoms with van der Waals surface area (Å²) in [7, 11) is 0. The maximum absolute atomic E-state index is 13.1. The molecule has 0 spiro atoms. The lowest BCUT2D eigenvalue weighted by Gasteiger charge is -2.13. The Hall–Kier alpha value is -3.91. The standard InChI is InChI=1S/C25H21BrN4O3/c1-15-3-8-19(9-4-15)27-23(31)22-14-17-13-18(26)7-12-21(17)30(22)29-25(33)24(32)28-20-10-5-16(2)6-11-20/h3-14H,1-2H3,(H,27,31)(H,28,32)(H,29,33). The predicted molar refractivity (Wildman–Crippen MR) is 133 cm³/mol. The topological polar surface area (TPSA) is 92.2 Å². The summed E-state index contributed by atoms with van der Waals surface area (Å²) in [6.45, 7) is 3.88. The number of fused-ring (bicyclic) bond motifs is 1. The van der Waals surface area contributed by atoms with Crippen molar-refractivity contribution in [3.05, 3.63) is 94.1 Å². The van der Waals surface area contributed by atoms with Crippen LogP contribution in [-0.4, -0.2) is 22.4 Å². The summed E-state index contributed by atoms with van der Waals surface area (Å²) < 4.78 is 2.14. The third kappa shape index (κ3) is 5.12.